The van der Waals surface area contributed by atoms with Crippen molar-refractivity contribution in [1.82, 2.24) is 15.4 Å². The third-order valence-electron chi connectivity index (χ3n) is 3.00. The van der Waals surface area contributed by atoms with Crippen LogP contribution in [0.2, 0.25) is 0 Å². The van der Waals surface area contributed by atoms with Crippen LogP contribution >= 0.6 is 24.0 Å². The van der Waals surface area contributed by atoms with Crippen LogP contribution in [0.1, 0.15) is 5.69 Å². The van der Waals surface area contributed by atoms with E-state index in [1.165, 1.54) is 30.5 Å². The molecule has 0 spiro atoms. The summed E-state index contributed by atoms with van der Waals surface area (Å²) in [6.07, 6.45) is 1.50. The summed E-state index contributed by atoms with van der Waals surface area (Å²) in [5.41, 5.74) is 1.29. The van der Waals surface area contributed by atoms with Gasteiger partial charge in [0.1, 0.15) is 17.8 Å². The highest BCUT2D eigenvalue weighted by Crippen LogP contribution is 2.07. The van der Waals surface area contributed by atoms with Crippen molar-refractivity contribution < 1.29 is 13.7 Å². The predicted molar refractivity (Wildman–Crippen MR) is 99.8 cm³/mol. The minimum absolute atomic E-state index is 0. The van der Waals surface area contributed by atoms with Crippen molar-refractivity contribution in [3.8, 4) is 0 Å². The molecule has 24 heavy (non-hydrogen) atoms. The summed E-state index contributed by atoms with van der Waals surface area (Å²) in [5, 5.41) is 9.43. The highest BCUT2D eigenvalue weighted by molar-refractivity contribution is 14.0. The number of guanidine groups is 1. The van der Waals surface area contributed by atoms with Crippen LogP contribution in [0.5, 0.6) is 0 Å². The minimum atomic E-state index is -0.351. The Labute approximate surface area is 156 Å². The standard InChI is InChI=1S/C15H18FN5O2.HI/c1-17-15(21(2)10-13-7-8-23-20-13)18-9-14(22)19-12-5-3-11(16)4-6-12;/h3-8H,9-10H2,1-2H3,(H,17,18)(H,19,22);1H. The number of aromatic nitrogens is 1. The average molecular weight is 447 g/mol. The van der Waals surface area contributed by atoms with Gasteiger partial charge >= 0.3 is 0 Å². The molecule has 0 aliphatic heterocycles. The van der Waals surface area contributed by atoms with Crippen molar-refractivity contribution >= 4 is 41.5 Å². The zero-order chi connectivity index (χ0) is 16.7. The number of rotatable bonds is 5. The van der Waals surface area contributed by atoms with Gasteiger partial charge in [-0.25, -0.2) is 4.39 Å². The topological polar surface area (TPSA) is 82.8 Å². The number of nitrogens with one attached hydrogen (secondary N) is 2. The molecule has 0 bridgehead atoms. The molecular weight excluding hydrogens is 428 g/mol. The Bertz CT molecular complexity index is 661. The summed E-state index contributed by atoms with van der Waals surface area (Å²) in [6.45, 7) is 0.531. The zero-order valence-corrected chi connectivity index (χ0v) is 15.7. The Hall–Kier alpha value is -2.17. The summed E-state index contributed by atoms with van der Waals surface area (Å²) in [7, 11) is 3.45. The van der Waals surface area contributed by atoms with Crippen molar-refractivity contribution in [3.63, 3.8) is 0 Å². The summed E-state index contributed by atoms with van der Waals surface area (Å²) in [4.78, 5) is 17.8. The molecular formula is C15H19FIN5O2. The van der Waals surface area contributed by atoms with E-state index in [2.05, 4.69) is 20.8 Å². The van der Waals surface area contributed by atoms with Gasteiger partial charge in [-0.3, -0.25) is 9.79 Å². The van der Waals surface area contributed by atoms with E-state index in [1.807, 2.05) is 11.9 Å². The van der Waals surface area contributed by atoms with Crippen LogP contribution in [0, 0.1) is 5.82 Å². The molecule has 0 aliphatic rings. The van der Waals surface area contributed by atoms with E-state index in [4.69, 9.17) is 4.52 Å². The van der Waals surface area contributed by atoms with Crippen LogP contribution in [0.3, 0.4) is 0 Å². The molecule has 130 valence electrons. The van der Waals surface area contributed by atoms with Crippen molar-refractivity contribution in [3.05, 3.63) is 48.1 Å². The maximum absolute atomic E-state index is 12.8. The number of amides is 1. The Morgan fingerprint density at radius 3 is 2.62 bits per heavy atom. The highest BCUT2D eigenvalue weighted by Gasteiger charge is 2.10. The number of hydrogen-bond acceptors (Lipinski definition) is 4. The average Bonchev–Trinajstić information content (AvgIpc) is 3.03. The first-order chi connectivity index (χ1) is 11.1. The molecule has 9 heteroatoms. The number of halogens is 2. The molecule has 1 amide bonds. The normalized spacial score (nSPS) is 10.7. The van der Waals surface area contributed by atoms with Crippen molar-refractivity contribution in [2.75, 3.05) is 26.0 Å². The molecule has 0 unspecified atom stereocenters. The first-order valence-electron chi connectivity index (χ1n) is 6.95. The third kappa shape index (κ3) is 6.14. The van der Waals surface area contributed by atoms with E-state index in [-0.39, 0.29) is 42.2 Å². The SMILES string of the molecule is CN=C(NCC(=O)Nc1ccc(F)cc1)N(C)Cc1ccon1.I. The molecule has 0 fully saturated rings. The lowest BCUT2D eigenvalue weighted by Gasteiger charge is -2.20. The Morgan fingerprint density at radius 1 is 1.33 bits per heavy atom. The van der Waals surface area contributed by atoms with E-state index in [1.54, 1.807) is 13.1 Å². The molecule has 0 aliphatic carbocycles. The molecule has 0 saturated carbocycles. The molecule has 0 radical (unpaired) electrons. The van der Waals surface area contributed by atoms with Crippen LogP contribution in [-0.4, -0.2) is 42.6 Å². The first kappa shape index (κ1) is 19.9. The molecule has 2 rings (SSSR count). The van der Waals surface area contributed by atoms with E-state index in [9.17, 15) is 9.18 Å². The van der Waals surface area contributed by atoms with Crippen LogP contribution in [0.4, 0.5) is 10.1 Å². The molecule has 2 aromatic rings. The number of benzene rings is 1. The van der Waals surface area contributed by atoms with Gasteiger partial charge in [0.25, 0.3) is 0 Å². The second-order valence-corrected chi connectivity index (χ2v) is 4.80. The summed E-state index contributed by atoms with van der Waals surface area (Å²) in [6, 6.07) is 7.32. The molecule has 2 N–H and O–H groups in total. The van der Waals surface area contributed by atoms with Gasteiger partial charge in [0.2, 0.25) is 5.91 Å². The van der Waals surface area contributed by atoms with E-state index in [0.29, 0.717) is 18.2 Å². The number of nitrogens with zero attached hydrogens (tertiary/aromatic N) is 3. The monoisotopic (exact) mass is 447 g/mol. The molecule has 1 aromatic heterocycles. The van der Waals surface area contributed by atoms with Gasteiger partial charge in [-0.1, -0.05) is 5.16 Å². The fourth-order valence-electron chi connectivity index (χ4n) is 1.92. The van der Waals surface area contributed by atoms with Crippen molar-refractivity contribution in [1.29, 1.82) is 0 Å². The molecule has 0 saturated heterocycles. The zero-order valence-electron chi connectivity index (χ0n) is 13.3. The maximum Gasteiger partial charge on any atom is 0.243 e. The van der Waals surface area contributed by atoms with Gasteiger partial charge < -0.3 is 20.1 Å². The van der Waals surface area contributed by atoms with Gasteiger partial charge in [-0.2, -0.15) is 0 Å². The predicted octanol–water partition coefficient (Wildman–Crippen LogP) is 2.08. The van der Waals surface area contributed by atoms with E-state index < -0.39 is 0 Å². The summed E-state index contributed by atoms with van der Waals surface area (Å²) in [5.74, 6) is -0.0640. The highest BCUT2D eigenvalue weighted by atomic mass is 127. The lowest BCUT2D eigenvalue weighted by atomic mass is 10.3. The second-order valence-electron chi connectivity index (χ2n) is 4.80. The summed E-state index contributed by atoms with van der Waals surface area (Å²) >= 11 is 0. The van der Waals surface area contributed by atoms with Crippen LogP contribution < -0.4 is 10.6 Å². The first-order valence-corrected chi connectivity index (χ1v) is 6.95. The van der Waals surface area contributed by atoms with E-state index in [0.717, 1.165) is 5.69 Å². The Balaban J connectivity index is 0.00000288. The number of anilines is 1. The van der Waals surface area contributed by atoms with Crippen molar-refractivity contribution in [2.45, 2.75) is 6.54 Å². The fourth-order valence-corrected chi connectivity index (χ4v) is 1.92. The Morgan fingerprint density at radius 2 is 2.04 bits per heavy atom. The smallest absolute Gasteiger partial charge is 0.243 e. The second kappa shape index (κ2) is 9.85. The van der Waals surface area contributed by atoms with Crippen LogP contribution in [0.25, 0.3) is 0 Å². The van der Waals surface area contributed by atoms with E-state index >= 15 is 0 Å². The van der Waals surface area contributed by atoms with Gasteiger partial charge in [-0.15, -0.1) is 24.0 Å². The molecule has 1 heterocycles. The number of carbonyl (C=O) groups is 1. The molecule has 0 atom stereocenters. The van der Waals surface area contributed by atoms with Gasteiger partial charge in [-0.05, 0) is 24.3 Å². The fraction of sp³-hybridized carbons (Fsp3) is 0.267. The van der Waals surface area contributed by atoms with Crippen LogP contribution in [0.15, 0.2) is 46.1 Å². The molecule has 1 aromatic carbocycles. The number of carbonyl (C=O) groups excluding carboxylic acids is 1. The maximum atomic E-state index is 12.8. The lowest BCUT2D eigenvalue weighted by Crippen LogP contribution is -2.42. The summed E-state index contributed by atoms with van der Waals surface area (Å²) < 4.78 is 17.6. The molecule has 7 nitrogen and oxygen atoms in total. The lowest BCUT2D eigenvalue weighted by molar-refractivity contribution is -0.115. The number of aliphatic imine (C=N–C) groups is 1. The minimum Gasteiger partial charge on any atom is -0.364 e. The largest absolute Gasteiger partial charge is 0.364 e. The van der Waals surface area contributed by atoms with Crippen molar-refractivity contribution in [2.24, 2.45) is 4.99 Å². The Kier molecular flexibility index (Phi) is 8.16. The third-order valence-corrected chi connectivity index (χ3v) is 3.00. The van der Waals surface area contributed by atoms with Crippen LogP contribution in [-0.2, 0) is 11.3 Å². The van der Waals surface area contributed by atoms with Gasteiger partial charge in [0.15, 0.2) is 5.96 Å². The van der Waals surface area contributed by atoms with Gasteiger partial charge in [0, 0.05) is 25.8 Å². The van der Waals surface area contributed by atoms with Gasteiger partial charge in [0.05, 0.1) is 13.1 Å². The number of hydrogen-bond donors (Lipinski definition) is 2. The quantitative estimate of drug-likeness (QED) is 0.417.